The van der Waals surface area contributed by atoms with Crippen LogP contribution in [0.25, 0.3) is 0 Å². The topological polar surface area (TPSA) is 20.3 Å². The lowest BCUT2D eigenvalue weighted by Crippen LogP contribution is -2.37. The van der Waals surface area contributed by atoms with E-state index in [1.54, 1.807) is 0 Å². The number of nitrogens with zero attached hydrogens (tertiary/aromatic N) is 1. The molecule has 0 heterocycles. The Kier molecular flexibility index (Phi) is 4.49. The van der Waals surface area contributed by atoms with Crippen molar-refractivity contribution in [1.29, 1.82) is 0 Å². The Morgan fingerprint density at radius 3 is 2.61 bits per heavy atom. The molecule has 1 amide bonds. The summed E-state index contributed by atoms with van der Waals surface area (Å²) in [5, 5.41) is 0. The first kappa shape index (κ1) is 14.1. The van der Waals surface area contributed by atoms with Crippen molar-refractivity contribution < 1.29 is 4.79 Å². The molecule has 0 unspecified atom stereocenters. The number of carbonyl (C=O) groups excluding carboxylic acids is 1. The van der Waals surface area contributed by atoms with Gasteiger partial charge in [-0.25, -0.2) is 0 Å². The largest absolute Gasteiger partial charge is 0.341 e. The maximum absolute atomic E-state index is 12.3. The molecule has 2 rings (SSSR count). The Balaban J connectivity index is 2.01. The van der Waals surface area contributed by atoms with Crippen molar-refractivity contribution >= 4 is 37.8 Å². The number of amides is 1. The second-order valence-electron chi connectivity index (χ2n) is 5.14. The van der Waals surface area contributed by atoms with Crippen molar-refractivity contribution in [3.63, 3.8) is 0 Å². The molecule has 0 saturated heterocycles. The highest BCUT2D eigenvalue weighted by atomic mass is 79.9. The minimum absolute atomic E-state index is 0.109. The summed E-state index contributed by atoms with van der Waals surface area (Å²) in [6, 6.07) is 5.84. The van der Waals surface area contributed by atoms with Gasteiger partial charge in [0.05, 0.1) is 0 Å². The third-order valence-electron chi connectivity index (χ3n) is 3.35. The van der Waals surface area contributed by atoms with Gasteiger partial charge in [-0.2, -0.15) is 0 Å². The predicted molar refractivity (Wildman–Crippen MR) is 81.3 cm³/mol. The van der Waals surface area contributed by atoms with Crippen LogP contribution in [-0.2, 0) is 0 Å². The zero-order valence-electron chi connectivity index (χ0n) is 10.6. The van der Waals surface area contributed by atoms with E-state index in [4.69, 9.17) is 0 Å². The van der Waals surface area contributed by atoms with Gasteiger partial charge in [0.1, 0.15) is 0 Å². The molecule has 0 aromatic heterocycles. The molecule has 0 spiro atoms. The van der Waals surface area contributed by atoms with Crippen LogP contribution in [0.5, 0.6) is 0 Å². The number of benzene rings is 1. The second kappa shape index (κ2) is 5.74. The molecule has 4 heteroatoms. The molecule has 98 valence electrons. The molecular weight excluding hydrogens is 358 g/mol. The molecule has 1 aromatic rings. The summed E-state index contributed by atoms with van der Waals surface area (Å²) in [5.41, 5.74) is 1.87. The van der Waals surface area contributed by atoms with Gasteiger partial charge in [0, 0.05) is 28.5 Å². The van der Waals surface area contributed by atoms with Crippen LogP contribution in [0.3, 0.4) is 0 Å². The third-order valence-corrected chi connectivity index (χ3v) is 4.55. The van der Waals surface area contributed by atoms with E-state index in [1.165, 1.54) is 12.8 Å². The van der Waals surface area contributed by atoms with Gasteiger partial charge in [-0.1, -0.05) is 31.9 Å². The van der Waals surface area contributed by atoms with Crippen LogP contribution in [0.4, 0.5) is 0 Å². The molecule has 18 heavy (non-hydrogen) atoms. The van der Waals surface area contributed by atoms with E-state index >= 15 is 0 Å². The van der Waals surface area contributed by atoms with Gasteiger partial charge in [-0.15, -0.1) is 0 Å². The van der Waals surface area contributed by atoms with Gasteiger partial charge < -0.3 is 4.90 Å². The molecular formula is C14H17Br2NO. The Bertz CT molecular complexity index is 435. The lowest BCUT2D eigenvalue weighted by Gasteiger charge is -2.34. The molecule has 0 atom stereocenters. The molecule has 2 nitrogen and oxygen atoms in total. The van der Waals surface area contributed by atoms with E-state index in [-0.39, 0.29) is 5.91 Å². The van der Waals surface area contributed by atoms with E-state index in [1.807, 2.05) is 37.1 Å². The monoisotopic (exact) mass is 373 g/mol. The van der Waals surface area contributed by atoms with Crippen molar-refractivity contribution in [2.75, 3.05) is 13.6 Å². The van der Waals surface area contributed by atoms with Gasteiger partial charge in [0.25, 0.3) is 5.91 Å². The van der Waals surface area contributed by atoms with Crippen LogP contribution in [0.1, 0.15) is 28.8 Å². The molecule has 0 radical (unpaired) electrons. The van der Waals surface area contributed by atoms with Crippen LogP contribution in [-0.4, -0.2) is 29.2 Å². The number of aryl methyl sites for hydroxylation is 1. The first-order valence-corrected chi connectivity index (χ1v) is 7.83. The van der Waals surface area contributed by atoms with Crippen LogP contribution >= 0.6 is 31.9 Å². The Hall–Kier alpha value is -0.350. The fourth-order valence-electron chi connectivity index (χ4n) is 2.35. The molecule has 1 aliphatic carbocycles. The Labute approximate surface area is 125 Å². The van der Waals surface area contributed by atoms with Crippen LogP contribution < -0.4 is 0 Å². The van der Waals surface area contributed by atoms with Gasteiger partial charge in [-0.3, -0.25) is 4.79 Å². The number of rotatable bonds is 3. The fraction of sp³-hybridized carbons (Fsp3) is 0.500. The SMILES string of the molecule is Cc1cc(Br)cc(C(=O)N(C)CC2CC(Br)C2)c1. The fourth-order valence-corrected chi connectivity index (χ4v) is 4.02. The van der Waals surface area contributed by atoms with Crippen molar-refractivity contribution in [3.8, 4) is 0 Å². The van der Waals surface area contributed by atoms with Gasteiger partial charge in [0.15, 0.2) is 0 Å². The Morgan fingerprint density at radius 1 is 1.39 bits per heavy atom. The molecule has 1 saturated carbocycles. The van der Waals surface area contributed by atoms with Crippen molar-refractivity contribution in [2.45, 2.75) is 24.6 Å². The average molecular weight is 375 g/mol. The molecule has 0 bridgehead atoms. The normalized spacial score (nSPS) is 22.4. The summed E-state index contributed by atoms with van der Waals surface area (Å²) in [4.78, 5) is 14.8. The number of hydrogen-bond donors (Lipinski definition) is 0. The van der Waals surface area contributed by atoms with Gasteiger partial charge in [-0.05, 0) is 49.4 Å². The minimum atomic E-state index is 0.109. The highest BCUT2D eigenvalue weighted by molar-refractivity contribution is 9.10. The van der Waals surface area contributed by atoms with Crippen LogP contribution in [0.2, 0.25) is 0 Å². The number of alkyl halides is 1. The highest BCUT2D eigenvalue weighted by Crippen LogP contribution is 2.33. The van der Waals surface area contributed by atoms with E-state index in [9.17, 15) is 4.79 Å². The lowest BCUT2D eigenvalue weighted by molar-refractivity contribution is 0.0748. The van der Waals surface area contributed by atoms with Gasteiger partial charge in [0.2, 0.25) is 0 Å². The zero-order chi connectivity index (χ0) is 13.3. The quantitative estimate of drug-likeness (QED) is 0.732. The summed E-state index contributed by atoms with van der Waals surface area (Å²) < 4.78 is 0.961. The zero-order valence-corrected chi connectivity index (χ0v) is 13.8. The van der Waals surface area contributed by atoms with E-state index in [0.717, 1.165) is 22.1 Å². The number of carbonyl (C=O) groups is 1. The lowest BCUT2D eigenvalue weighted by atomic mass is 9.85. The standard InChI is InChI=1S/C14H17Br2NO/c1-9-3-11(7-12(15)4-9)14(18)17(2)8-10-5-13(16)6-10/h3-4,7,10,13H,5-6,8H2,1-2H3. The molecule has 1 aromatic carbocycles. The van der Waals surface area contributed by atoms with Crippen molar-refractivity contribution in [3.05, 3.63) is 33.8 Å². The van der Waals surface area contributed by atoms with Gasteiger partial charge >= 0.3 is 0 Å². The smallest absolute Gasteiger partial charge is 0.253 e. The van der Waals surface area contributed by atoms with Crippen molar-refractivity contribution in [1.82, 2.24) is 4.90 Å². The summed E-state index contributed by atoms with van der Waals surface area (Å²) in [7, 11) is 1.89. The molecule has 0 aliphatic heterocycles. The van der Waals surface area contributed by atoms with E-state index in [0.29, 0.717) is 10.7 Å². The van der Waals surface area contributed by atoms with Crippen LogP contribution in [0, 0.1) is 12.8 Å². The van der Waals surface area contributed by atoms with Crippen molar-refractivity contribution in [2.24, 2.45) is 5.92 Å². The Morgan fingerprint density at radius 2 is 2.06 bits per heavy atom. The maximum Gasteiger partial charge on any atom is 0.253 e. The first-order valence-electron chi connectivity index (χ1n) is 6.12. The number of halogens is 2. The summed E-state index contributed by atoms with van der Waals surface area (Å²) in [5.74, 6) is 0.758. The molecule has 1 fully saturated rings. The summed E-state index contributed by atoms with van der Waals surface area (Å²) in [6.45, 7) is 2.86. The maximum atomic E-state index is 12.3. The molecule has 0 N–H and O–H groups in total. The highest BCUT2D eigenvalue weighted by Gasteiger charge is 2.28. The van der Waals surface area contributed by atoms with Crippen LogP contribution in [0.15, 0.2) is 22.7 Å². The second-order valence-corrected chi connectivity index (χ2v) is 7.35. The number of hydrogen-bond acceptors (Lipinski definition) is 1. The van der Waals surface area contributed by atoms with E-state index < -0.39 is 0 Å². The third kappa shape index (κ3) is 3.35. The minimum Gasteiger partial charge on any atom is -0.341 e. The van der Waals surface area contributed by atoms with E-state index in [2.05, 4.69) is 31.9 Å². The summed E-state index contributed by atoms with van der Waals surface area (Å²) >= 11 is 7.02. The first-order chi connectivity index (χ1) is 8.45. The molecule has 1 aliphatic rings. The predicted octanol–water partition coefficient (Wildman–Crippen LogP) is 4.00. The summed E-state index contributed by atoms with van der Waals surface area (Å²) in [6.07, 6.45) is 2.35. The average Bonchev–Trinajstić information content (AvgIpc) is 2.24.